The fourth-order valence-corrected chi connectivity index (χ4v) is 15.3. The Bertz CT molecular complexity index is 1920. The molecule has 3 saturated carbocycles. The second-order valence-electron chi connectivity index (χ2n) is 23.6. The summed E-state index contributed by atoms with van der Waals surface area (Å²) < 4.78 is 61.0. The smallest absolute Gasteiger partial charge is 0.187 e. The lowest BCUT2D eigenvalue weighted by molar-refractivity contribution is -0.404. The van der Waals surface area contributed by atoms with Crippen LogP contribution in [0.2, 0.25) is 0 Å². The first kappa shape index (κ1) is 55.1. The Morgan fingerprint density at radius 2 is 1.23 bits per heavy atom. The van der Waals surface area contributed by atoms with Crippen LogP contribution in [0.15, 0.2) is 11.6 Å². The van der Waals surface area contributed by atoms with Crippen molar-refractivity contribution in [3.05, 3.63) is 11.6 Å². The Labute approximate surface area is 423 Å². The molecule has 9 fully saturated rings. The van der Waals surface area contributed by atoms with Crippen LogP contribution in [0.4, 0.5) is 0 Å². The summed E-state index contributed by atoms with van der Waals surface area (Å²) in [5.74, 6) is 1.91. The SMILES string of the molecule is C[C@H]1CC[C@@]2(OC1)OC1CC3C4CC=C5CC(O[C@@H]6OC(CO)[C@H](O[C@@H]7OC(CO)[C@H](O)C(O[C@@H]8OC[C@H](O)C(O)C8O)C7O[C@H]7OC(CO)[C@@H](O)C(O)C7O)C(O)C6O)[C@H](O)C[C@]5(C)C4CC[C@]3(C)C1[C@@H]2C. The largest absolute Gasteiger partial charge is 0.394 e. The zero-order chi connectivity index (χ0) is 52.2. The Kier molecular flexibility index (Phi) is 16.0. The highest BCUT2D eigenvalue weighted by atomic mass is 16.8. The predicted octanol–water partition coefficient (Wildman–Crippen LogP) is -3.38. The molecule has 0 radical (unpaired) electrons. The Morgan fingerprint density at radius 1 is 0.603 bits per heavy atom. The fourth-order valence-electron chi connectivity index (χ4n) is 15.3. The van der Waals surface area contributed by atoms with Crippen LogP contribution in [0.1, 0.15) is 79.1 Å². The number of fused-ring (bicyclic) bond motifs is 7. The molecule has 0 aromatic rings. The third kappa shape index (κ3) is 9.41. The molecule has 0 aromatic heterocycles. The van der Waals surface area contributed by atoms with Crippen molar-refractivity contribution in [3.8, 4) is 0 Å². The van der Waals surface area contributed by atoms with Gasteiger partial charge in [-0.1, -0.05) is 39.3 Å². The van der Waals surface area contributed by atoms with Crippen molar-refractivity contribution in [2.75, 3.05) is 33.0 Å². The maximum absolute atomic E-state index is 11.9. The van der Waals surface area contributed by atoms with Crippen molar-refractivity contribution in [2.45, 2.75) is 220 Å². The summed E-state index contributed by atoms with van der Waals surface area (Å²) in [5.41, 5.74) is 0.927. The van der Waals surface area contributed by atoms with Crippen LogP contribution in [0.3, 0.4) is 0 Å². The van der Waals surface area contributed by atoms with Gasteiger partial charge in [0, 0.05) is 12.3 Å². The standard InChI is InChI=1S/C50H80O23/c1-19-7-10-50(65-17-19)20(2)32-28(73-50)12-24-22-6-5-21-11-27(25(54)13-49(21,4)23(22)8-9-48(24,32)3)66-45-40(63)37(60)41(31(16-53)69-45)70-47-43(72-46-39(62)36(59)34(57)29(14-51)67-46)42(35(58)30(15-52)68-47)71-44-38(61)33(56)26(55)18-64-44/h5,19-20,22-47,51-63H,6-18H2,1-4H3/t19-,20-,22?,23?,24?,25+,26-,27?,28?,29?,30?,31?,32?,33?,34+,35-,36?,37?,38?,39?,40?,41-,42?,43?,44-,45+,46+,47-,48-,49-,50+/m0/s1. The first-order valence-corrected chi connectivity index (χ1v) is 26.5. The van der Waals surface area contributed by atoms with E-state index in [4.69, 9.17) is 47.4 Å². The molecule has 418 valence electrons. The van der Waals surface area contributed by atoms with Gasteiger partial charge in [0.1, 0.15) is 91.6 Å². The lowest BCUT2D eigenvalue weighted by atomic mass is 9.46. The van der Waals surface area contributed by atoms with Crippen LogP contribution in [-0.2, 0) is 47.4 Å². The molecule has 6 saturated heterocycles. The summed E-state index contributed by atoms with van der Waals surface area (Å²) in [6.45, 7) is 6.89. The molecule has 6 heterocycles. The Hall–Kier alpha value is -1.18. The number of ether oxygens (including phenoxy) is 10. The van der Waals surface area contributed by atoms with E-state index in [2.05, 4.69) is 33.8 Å². The molecule has 31 atom stereocenters. The maximum Gasteiger partial charge on any atom is 0.187 e. The van der Waals surface area contributed by atoms with Crippen LogP contribution in [0.5, 0.6) is 0 Å². The summed E-state index contributed by atoms with van der Waals surface area (Å²) in [7, 11) is 0. The maximum atomic E-state index is 11.9. The van der Waals surface area contributed by atoms with Crippen molar-refractivity contribution in [2.24, 2.45) is 46.3 Å². The fraction of sp³-hybridized carbons (Fsp3) is 0.960. The van der Waals surface area contributed by atoms with E-state index in [9.17, 15) is 66.4 Å². The normalized spacial score (nSPS) is 57.1. The van der Waals surface area contributed by atoms with Gasteiger partial charge in [0.15, 0.2) is 30.9 Å². The molecular weight excluding hydrogens is 969 g/mol. The van der Waals surface area contributed by atoms with E-state index in [1.807, 2.05) is 0 Å². The van der Waals surface area contributed by atoms with E-state index in [0.717, 1.165) is 50.7 Å². The lowest BCUT2D eigenvalue weighted by Gasteiger charge is -2.59. The summed E-state index contributed by atoms with van der Waals surface area (Å²) in [6, 6.07) is 0. The highest BCUT2D eigenvalue weighted by molar-refractivity contribution is 5.27. The van der Waals surface area contributed by atoms with Crippen molar-refractivity contribution >= 4 is 0 Å². The number of aliphatic hydroxyl groups excluding tert-OH is 13. The van der Waals surface area contributed by atoms with Gasteiger partial charge in [0.25, 0.3) is 0 Å². The van der Waals surface area contributed by atoms with Gasteiger partial charge in [0.05, 0.1) is 51.3 Å². The number of hydrogen-bond donors (Lipinski definition) is 13. The average molecular weight is 1050 g/mol. The molecule has 23 heteroatoms. The summed E-state index contributed by atoms with van der Waals surface area (Å²) in [6.07, 6.45) is -26.6. The van der Waals surface area contributed by atoms with E-state index in [0.29, 0.717) is 48.3 Å². The Balaban J connectivity index is 0.837. The molecule has 6 aliphatic heterocycles. The van der Waals surface area contributed by atoms with Crippen molar-refractivity contribution in [1.29, 1.82) is 0 Å². The average Bonchev–Trinajstić information content (AvgIpc) is 3.82. The van der Waals surface area contributed by atoms with E-state index >= 15 is 0 Å². The van der Waals surface area contributed by atoms with Crippen LogP contribution in [-0.4, -0.2) is 240 Å². The first-order chi connectivity index (χ1) is 34.7. The second kappa shape index (κ2) is 21.1. The summed E-state index contributed by atoms with van der Waals surface area (Å²) >= 11 is 0. The molecule has 17 unspecified atom stereocenters. The van der Waals surface area contributed by atoms with Gasteiger partial charge >= 0.3 is 0 Å². The highest BCUT2D eigenvalue weighted by Crippen LogP contribution is 2.71. The summed E-state index contributed by atoms with van der Waals surface area (Å²) in [4.78, 5) is 0. The Morgan fingerprint density at radius 3 is 1.93 bits per heavy atom. The molecule has 0 aromatic carbocycles. The third-order valence-corrected chi connectivity index (χ3v) is 19.5. The molecule has 0 bridgehead atoms. The van der Waals surface area contributed by atoms with Crippen molar-refractivity contribution < 1.29 is 114 Å². The minimum atomic E-state index is -2.02. The molecule has 10 aliphatic rings. The molecule has 4 aliphatic carbocycles. The van der Waals surface area contributed by atoms with Crippen LogP contribution >= 0.6 is 0 Å². The quantitative estimate of drug-likeness (QED) is 0.0898. The van der Waals surface area contributed by atoms with Gasteiger partial charge < -0.3 is 114 Å². The van der Waals surface area contributed by atoms with E-state index < -0.39 is 161 Å². The summed E-state index contributed by atoms with van der Waals surface area (Å²) in [5, 5.41) is 141. The lowest BCUT2D eigenvalue weighted by Crippen LogP contribution is -2.68. The minimum absolute atomic E-state index is 0.101. The highest BCUT2D eigenvalue weighted by Gasteiger charge is 2.69. The zero-order valence-electron chi connectivity index (χ0n) is 41.8. The van der Waals surface area contributed by atoms with Gasteiger partial charge in [-0.15, -0.1) is 0 Å². The zero-order valence-corrected chi connectivity index (χ0v) is 41.8. The second-order valence-corrected chi connectivity index (χ2v) is 23.6. The molecule has 13 N–H and O–H groups in total. The third-order valence-electron chi connectivity index (χ3n) is 19.5. The molecule has 1 spiro atoms. The minimum Gasteiger partial charge on any atom is -0.394 e. The van der Waals surface area contributed by atoms with Crippen LogP contribution in [0.25, 0.3) is 0 Å². The van der Waals surface area contributed by atoms with Crippen LogP contribution < -0.4 is 0 Å². The van der Waals surface area contributed by atoms with Crippen molar-refractivity contribution in [3.63, 3.8) is 0 Å². The van der Waals surface area contributed by atoms with Gasteiger partial charge in [-0.2, -0.15) is 0 Å². The van der Waals surface area contributed by atoms with Gasteiger partial charge in [-0.05, 0) is 85.4 Å². The molecule has 0 amide bonds. The number of aliphatic hydroxyl groups is 13. The van der Waals surface area contributed by atoms with Crippen molar-refractivity contribution in [1.82, 2.24) is 0 Å². The van der Waals surface area contributed by atoms with E-state index in [1.165, 1.54) is 0 Å². The van der Waals surface area contributed by atoms with Gasteiger partial charge in [-0.25, -0.2) is 0 Å². The van der Waals surface area contributed by atoms with E-state index in [-0.39, 0.29) is 16.9 Å². The molecule has 10 rings (SSSR count). The topological polar surface area (TPSA) is 355 Å². The van der Waals surface area contributed by atoms with Crippen LogP contribution in [0, 0.1) is 46.3 Å². The van der Waals surface area contributed by atoms with Gasteiger partial charge in [0.2, 0.25) is 0 Å². The predicted molar refractivity (Wildman–Crippen MR) is 244 cm³/mol. The number of allylic oxidation sites excluding steroid dienone is 1. The monoisotopic (exact) mass is 1050 g/mol. The van der Waals surface area contributed by atoms with Gasteiger partial charge in [-0.3, -0.25) is 0 Å². The number of rotatable bonds is 11. The molecular formula is C50H80O23. The molecule has 23 nitrogen and oxygen atoms in total. The first-order valence-electron chi connectivity index (χ1n) is 26.5. The number of hydrogen-bond acceptors (Lipinski definition) is 23. The van der Waals surface area contributed by atoms with E-state index in [1.54, 1.807) is 0 Å². The molecule has 73 heavy (non-hydrogen) atoms.